The summed E-state index contributed by atoms with van der Waals surface area (Å²) in [5.74, 6) is -0.714. The molecule has 37 heavy (non-hydrogen) atoms. The first kappa shape index (κ1) is 22.1. The van der Waals surface area contributed by atoms with Gasteiger partial charge >= 0.3 is 5.69 Å². The van der Waals surface area contributed by atoms with Crippen molar-refractivity contribution in [2.24, 2.45) is 0 Å². The summed E-state index contributed by atoms with van der Waals surface area (Å²) in [6.45, 7) is 1.69. The van der Waals surface area contributed by atoms with Crippen LogP contribution in [0.15, 0.2) is 65.6 Å². The average Bonchev–Trinajstić information content (AvgIpc) is 3.61. The highest BCUT2D eigenvalue weighted by molar-refractivity contribution is 5.96. The number of H-pyrrole nitrogens is 2. The van der Waals surface area contributed by atoms with Crippen LogP contribution in [0.1, 0.15) is 28.4 Å². The number of nitriles is 1. The van der Waals surface area contributed by atoms with Crippen molar-refractivity contribution in [2.45, 2.75) is 13.5 Å². The number of benzene rings is 3. The summed E-state index contributed by atoms with van der Waals surface area (Å²) in [7, 11) is 0. The maximum Gasteiger partial charge on any atom is 0.323 e. The van der Waals surface area contributed by atoms with Gasteiger partial charge < -0.3 is 9.97 Å². The number of aromatic nitrogens is 7. The molecule has 0 aliphatic heterocycles. The minimum absolute atomic E-state index is 0.100. The summed E-state index contributed by atoms with van der Waals surface area (Å²) in [5.41, 5.74) is 4.72. The number of halogens is 1. The fourth-order valence-corrected chi connectivity index (χ4v) is 4.45. The number of imidazole rings is 1. The van der Waals surface area contributed by atoms with Crippen LogP contribution in [0, 0.1) is 17.1 Å². The van der Waals surface area contributed by atoms with E-state index in [1.807, 2.05) is 6.07 Å². The quantitative estimate of drug-likeness (QED) is 0.352. The van der Waals surface area contributed by atoms with Gasteiger partial charge in [0.25, 0.3) is 0 Å². The largest absolute Gasteiger partial charge is 0.323 e. The molecule has 180 valence electrons. The number of aromatic amines is 2. The molecular formula is C26H17FN8O2. The van der Waals surface area contributed by atoms with E-state index in [9.17, 15) is 14.9 Å². The normalized spacial score (nSPS) is 11.3. The number of nitrogens with zero attached hydrogens (tertiary/aromatic N) is 6. The molecule has 11 heteroatoms. The number of nitrogens with one attached hydrogen (secondary N) is 2. The lowest BCUT2D eigenvalue weighted by Crippen LogP contribution is -2.09. The molecule has 10 nitrogen and oxygen atoms in total. The second-order valence-electron chi connectivity index (χ2n) is 8.55. The summed E-state index contributed by atoms with van der Waals surface area (Å²) < 4.78 is 18.3. The van der Waals surface area contributed by atoms with Gasteiger partial charge in [-0.2, -0.15) is 10.4 Å². The van der Waals surface area contributed by atoms with Gasteiger partial charge in [-0.3, -0.25) is 9.48 Å². The highest BCUT2D eigenvalue weighted by Crippen LogP contribution is 2.28. The Bertz CT molecular complexity index is 1950. The van der Waals surface area contributed by atoms with Crippen molar-refractivity contribution in [3.63, 3.8) is 0 Å². The van der Waals surface area contributed by atoms with Crippen LogP contribution in [-0.4, -0.2) is 40.5 Å². The molecule has 0 aliphatic carbocycles. The van der Waals surface area contributed by atoms with Crippen LogP contribution in [0.5, 0.6) is 0 Å². The smallest absolute Gasteiger partial charge is 0.306 e. The Morgan fingerprint density at radius 3 is 2.73 bits per heavy atom. The van der Waals surface area contributed by atoms with Crippen molar-refractivity contribution in [3.8, 4) is 23.0 Å². The number of hydrogen-bond acceptors (Lipinski definition) is 6. The molecular weight excluding hydrogens is 475 g/mol. The lowest BCUT2D eigenvalue weighted by atomic mass is 10.0. The van der Waals surface area contributed by atoms with Gasteiger partial charge in [-0.25, -0.2) is 13.9 Å². The topological polar surface area (TPSA) is 138 Å². The van der Waals surface area contributed by atoms with Crippen LogP contribution < -0.4 is 5.69 Å². The number of hydrogen-bond donors (Lipinski definition) is 2. The van der Waals surface area contributed by atoms with Crippen molar-refractivity contribution in [1.29, 1.82) is 5.26 Å². The van der Waals surface area contributed by atoms with Gasteiger partial charge in [0.1, 0.15) is 5.52 Å². The van der Waals surface area contributed by atoms with Gasteiger partial charge in [-0.05, 0) is 61.0 Å². The Morgan fingerprint density at radius 2 is 1.92 bits per heavy atom. The maximum absolute atomic E-state index is 15.2. The van der Waals surface area contributed by atoms with E-state index in [2.05, 4.69) is 25.4 Å². The third kappa shape index (κ3) is 3.77. The molecule has 3 aromatic heterocycles. The van der Waals surface area contributed by atoms with E-state index < -0.39 is 5.82 Å². The molecule has 0 amide bonds. The van der Waals surface area contributed by atoms with Crippen molar-refractivity contribution < 1.29 is 9.18 Å². The van der Waals surface area contributed by atoms with Crippen LogP contribution >= 0.6 is 0 Å². The molecule has 6 rings (SSSR count). The molecule has 0 aliphatic rings. The van der Waals surface area contributed by atoms with Crippen LogP contribution in [0.4, 0.5) is 4.39 Å². The first-order valence-corrected chi connectivity index (χ1v) is 11.2. The van der Waals surface area contributed by atoms with E-state index in [0.29, 0.717) is 50.2 Å². The fraction of sp³-hybridized carbons (Fsp3) is 0.0769. The van der Waals surface area contributed by atoms with Crippen molar-refractivity contribution in [1.82, 2.24) is 34.7 Å². The summed E-state index contributed by atoms with van der Waals surface area (Å²) in [5, 5.41) is 21.7. The van der Waals surface area contributed by atoms with Crippen molar-refractivity contribution in [3.05, 3.63) is 93.8 Å². The minimum atomic E-state index is -0.551. The monoisotopic (exact) mass is 492 g/mol. The summed E-state index contributed by atoms with van der Waals surface area (Å²) in [4.78, 5) is 29.2. The van der Waals surface area contributed by atoms with Crippen LogP contribution in [0.3, 0.4) is 0 Å². The van der Waals surface area contributed by atoms with E-state index >= 15 is 4.39 Å². The molecule has 2 N–H and O–H groups in total. The van der Waals surface area contributed by atoms with Gasteiger partial charge in [-0.1, -0.05) is 11.3 Å². The lowest BCUT2D eigenvalue weighted by Gasteiger charge is -2.12. The highest BCUT2D eigenvalue weighted by Gasteiger charge is 2.17. The summed E-state index contributed by atoms with van der Waals surface area (Å²) in [6.07, 6.45) is 1.60. The third-order valence-corrected chi connectivity index (χ3v) is 6.20. The number of rotatable bonds is 5. The molecule has 0 bridgehead atoms. The van der Waals surface area contributed by atoms with Gasteiger partial charge in [0.15, 0.2) is 11.6 Å². The second kappa shape index (κ2) is 8.39. The average molecular weight is 492 g/mol. The highest BCUT2D eigenvalue weighted by atomic mass is 19.1. The molecule has 0 radical (unpaired) electrons. The first-order chi connectivity index (χ1) is 17.9. The Hall–Kier alpha value is -5.37. The van der Waals surface area contributed by atoms with E-state index in [1.54, 1.807) is 59.4 Å². The Kier molecular flexibility index (Phi) is 5.01. The fourth-order valence-electron chi connectivity index (χ4n) is 4.45. The number of carbonyl (C=O) groups is 1. The lowest BCUT2D eigenvalue weighted by molar-refractivity contribution is 0.101. The predicted molar refractivity (Wildman–Crippen MR) is 133 cm³/mol. The van der Waals surface area contributed by atoms with Gasteiger partial charge in [-0.15, -0.1) is 5.10 Å². The maximum atomic E-state index is 15.2. The Balaban J connectivity index is 1.44. The zero-order valence-electron chi connectivity index (χ0n) is 19.4. The summed E-state index contributed by atoms with van der Waals surface area (Å²) >= 11 is 0. The molecule has 0 unspecified atom stereocenters. The van der Waals surface area contributed by atoms with E-state index in [-0.39, 0.29) is 23.5 Å². The molecule has 3 heterocycles. The van der Waals surface area contributed by atoms with E-state index in [0.717, 1.165) is 0 Å². The van der Waals surface area contributed by atoms with Gasteiger partial charge in [0.2, 0.25) is 0 Å². The zero-order valence-corrected chi connectivity index (χ0v) is 19.4. The zero-order chi connectivity index (χ0) is 25.7. The molecule has 0 spiro atoms. The van der Waals surface area contributed by atoms with Gasteiger partial charge in [0, 0.05) is 17.3 Å². The molecule has 0 fully saturated rings. The number of Topliss-reactive ketones (excluding diaryl/α,β-unsaturated/α-hetero) is 1. The predicted octanol–water partition coefficient (Wildman–Crippen LogP) is 3.72. The number of ketones is 1. The molecule has 0 saturated heterocycles. The standard InChI is InChI=1S/C26H17FN8O2/c1-14(36)19-8-15(12-28)2-3-16(19)13-34-23(6-7-29-34)17-9-20(27)25-24(10-17)35(33-32-25)18-4-5-21-22(11-18)31-26(37)30-21/h2-11H,13H2,1H3,(H2,30,31,37). The molecule has 6 aromatic rings. The van der Waals surface area contributed by atoms with Crippen molar-refractivity contribution >= 4 is 27.9 Å². The Labute approximate surface area is 207 Å². The van der Waals surface area contributed by atoms with Crippen molar-refractivity contribution in [2.75, 3.05) is 0 Å². The van der Waals surface area contributed by atoms with Crippen LogP contribution in [0.2, 0.25) is 0 Å². The van der Waals surface area contributed by atoms with Crippen LogP contribution in [0.25, 0.3) is 39.0 Å². The molecule has 3 aromatic carbocycles. The second-order valence-corrected chi connectivity index (χ2v) is 8.55. The Morgan fingerprint density at radius 1 is 1.08 bits per heavy atom. The third-order valence-electron chi connectivity index (χ3n) is 6.20. The van der Waals surface area contributed by atoms with Crippen LogP contribution in [-0.2, 0) is 6.54 Å². The molecule has 0 atom stereocenters. The minimum Gasteiger partial charge on any atom is -0.306 e. The van der Waals surface area contributed by atoms with E-state index in [1.165, 1.54) is 17.7 Å². The van der Waals surface area contributed by atoms with Gasteiger partial charge in [0.05, 0.1) is 46.1 Å². The summed E-state index contributed by atoms with van der Waals surface area (Å²) in [6, 6.07) is 17.1. The number of carbonyl (C=O) groups excluding carboxylic acids is 1. The van der Waals surface area contributed by atoms with E-state index in [4.69, 9.17) is 0 Å². The molecule has 0 saturated carbocycles. The first-order valence-electron chi connectivity index (χ1n) is 11.2. The number of fused-ring (bicyclic) bond motifs is 2. The SMILES string of the molecule is CC(=O)c1cc(C#N)ccc1Cn1nccc1-c1cc(F)c2nnn(-c3ccc4[nH]c(=O)[nH]c4c3)c2c1.